The zero-order valence-corrected chi connectivity index (χ0v) is 17.3. The number of primary amides is 1. The molecule has 28 heavy (non-hydrogen) atoms. The van der Waals surface area contributed by atoms with E-state index in [1.807, 2.05) is 18.7 Å². The molecule has 6 heteroatoms. The number of benzene rings is 1. The summed E-state index contributed by atoms with van der Waals surface area (Å²) in [6.45, 7) is 6.31. The maximum absolute atomic E-state index is 13.2. The van der Waals surface area contributed by atoms with E-state index in [4.69, 9.17) is 5.73 Å². The third-order valence-corrected chi connectivity index (χ3v) is 5.59. The molecule has 1 aromatic rings. The van der Waals surface area contributed by atoms with E-state index in [0.29, 0.717) is 13.0 Å². The van der Waals surface area contributed by atoms with Crippen LogP contribution in [0.15, 0.2) is 24.3 Å². The van der Waals surface area contributed by atoms with Crippen LogP contribution in [0, 0.1) is 11.7 Å². The highest BCUT2D eigenvalue weighted by Crippen LogP contribution is 2.25. The lowest BCUT2D eigenvalue weighted by Gasteiger charge is -2.36. The molecular formula is C22H34FN3O2. The Kier molecular flexibility index (Phi) is 7.98. The van der Waals surface area contributed by atoms with E-state index in [9.17, 15) is 14.0 Å². The van der Waals surface area contributed by atoms with Gasteiger partial charge in [0.05, 0.1) is 12.1 Å². The van der Waals surface area contributed by atoms with E-state index >= 15 is 0 Å². The first-order valence-electron chi connectivity index (χ1n) is 10.3. The van der Waals surface area contributed by atoms with Crippen molar-refractivity contribution in [2.24, 2.45) is 11.7 Å². The monoisotopic (exact) mass is 391 g/mol. The molecule has 1 aromatic carbocycles. The second kappa shape index (κ2) is 10.0. The Morgan fingerprint density at radius 1 is 1.21 bits per heavy atom. The molecule has 1 fully saturated rings. The van der Waals surface area contributed by atoms with Gasteiger partial charge in [0.15, 0.2) is 0 Å². The number of carbonyl (C=O) groups excluding carboxylic acids is 2. The van der Waals surface area contributed by atoms with Crippen molar-refractivity contribution in [2.75, 3.05) is 6.54 Å². The summed E-state index contributed by atoms with van der Waals surface area (Å²) in [6, 6.07) is 6.46. The second-order valence-corrected chi connectivity index (χ2v) is 8.59. The molecule has 5 nitrogen and oxygen atoms in total. The van der Waals surface area contributed by atoms with Gasteiger partial charge in [-0.15, -0.1) is 0 Å². The summed E-state index contributed by atoms with van der Waals surface area (Å²) >= 11 is 0. The average Bonchev–Trinajstić information content (AvgIpc) is 2.65. The lowest BCUT2D eigenvalue weighted by atomic mass is 9.90. The van der Waals surface area contributed by atoms with Gasteiger partial charge in [-0.2, -0.15) is 0 Å². The van der Waals surface area contributed by atoms with Crippen molar-refractivity contribution >= 4 is 11.8 Å². The van der Waals surface area contributed by atoms with Crippen LogP contribution in [0.3, 0.4) is 0 Å². The summed E-state index contributed by atoms with van der Waals surface area (Å²) in [5.41, 5.74) is 5.58. The SMILES string of the molecule is CC(C)CC(C)(NCC(=O)N(Cc1ccc(F)cc1)C1CCCCC1)C(N)=O. The van der Waals surface area contributed by atoms with E-state index in [1.54, 1.807) is 19.1 Å². The summed E-state index contributed by atoms with van der Waals surface area (Å²) in [6.07, 6.45) is 5.94. The smallest absolute Gasteiger partial charge is 0.237 e. The van der Waals surface area contributed by atoms with Gasteiger partial charge in [0.1, 0.15) is 5.82 Å². The highest BCUT2D eigenvalue weighted by Gasteiger charge is 2.33. The van der Waals surface area contributed by atoms with E-state index < -0.39 is 11.4 Å². The van der Waals surface area contributed by atoms with Crippen LogP contribution in [0.2, 0.25) is 0 Å². The quantitative estimate of drug-likeness (QED) is 0.678. The normalized spacial score (nSPS) is 17.3. The van der Waals surface area contributed by atoms with Crippen LogP contribution in [-0.2, 0) is 16.1 Å². The Morgan fingerprint density at radius 2 is 1.82 bits per heavy atom. The largest absolute Gasteiger partial charge is 0.368 e. The number of amides is 2. The van der Waals surface area contributed by atoms with Crippen molar-refractivity contribution in [1.82, 2.24) is 10.2 Å². The number of nitrogens with two attached hydrogens (primary N) is 1. The molecule has 0 saturated heterocycles. The minimum absolute atomic E-state index is 0.0487. The van der Waals surface area contributed by atoms with Crippen molar-refractivity contribution in [3.8, 4) is 0 Å². The standard InChI is InChI=1S/C22H34FN3O2/c1-16(2)13-22(3,21(24)28)25-14-20(27)26(19-7-5-4-6-8-19)15-17-9-11-18(23)12-10-17/h9-12,16,19,25H,4-8,13-15H2,1-3H3,(H2,24,28). The van der Waals surface area contributed by atoms with Gasteiger partial charge in [0.2, 0.25) is 11.8 Å². The molecule has 3 N–H and O–H groups in total. The zero-order chi connectivity index (χ0) is 20.7. The molecule has 2 amide bonds. The summed E-state index contributed by atoms with van der Waals surface area (Å²) in [4.78, 5) is 27.0. The number of carbonyl (C=O) groups is 2. The molecule has 1 aliphatic rings. The molecule has 0 radical (unpaired) electrons. The zero-order valence-electron chi connectivity index (χ0n) is 17.3. The van der Waals surface area contributed by atoms with E-state index in [2.05, 4.69) is 5.32 Å². The molecule has 0 aliphatic heterocycles. The fourth-order valence-corrected chi connectivity index (χ4v) is 4.05. The van der Waals surface area contributed by atoms with Crippen molar-refractivity contribution in [3.05, 3.63) is 35.6 Å². The fraction of sp³-hybridized carbons (Fsp3) is 0.636. The van der Waals surface area contributed by atoms with Crippen LogP contribution in [0.5, 0.6) is 0 Å². The van der Waals surface area contributed by atoms with Crippen LogP contribution in [0.4, 0.5) is 4.39 Å². The highest BCUT2D eigenvalue weighted by molar-refractivity contribution is 5.85. The van der Waals surface area contributed by atoms with Gasteiger partial charge < -0.3 is 10.6 Å². The van der Waals surface area contributed by atoms with Crippen molar-refractivity contribution in [3.63, 3.8) is 0 Å². The topological polar surface area (TPSA) is 75.4 Å². The lowest BCUT2D eigenvalue weighted by Crippen LogP contribution is -2.57. The van der Waals surface area contributed by atoms with Crippen LogP contribution in [0.1, 0.15) is 64.9 Å². The Hall–Kier alpha value is -1.95. The molecule has 0 bridgehead atoms. The first-order valence-corrected chi connectivity index (χ1v) is 10.3. The molecule has 1 saturated carbocycles. The Balaban J connectivity index is 2.11. The predicted octanol–water partition coefficient (Wildman–Crippen LogP) is 3.37. The lowest BCUT2D eigenvalue weighted by molar-refractivity contribution is -0.135. The summed E-state index contributed by atoms with van der Waals surface area (Å²) in [5, 5.41) is 3.12. The molecular weight excluding hydrogens is 357 g/mol. The molecule has 1 unspecified atom stereocenters. The van der Waals surface area contributed by atoms with Crippen LogP contribution < -0.4 is 11.1 Å². The van der Waals surface area contributed by atoms with Gasteiger partial charge in [-0.1, -0.05) is 45.2 Å². The average molecular weight is 392 g/mol. The fourth-order valence-electron chi connectivity index (χ4n) is 4.05. The van der Waals surface area contributed by atoms with E-state index in [-0.39, 0.29) is 30.2 Å². The van der Waals surface area contributed by atoms with Gasteiger partial charge in [0, 0.05) is 12.6 Å². The summed E-state index contributed by atoms with van der Waals surface area (Å²) in [7, 11) is 0. The Bertz CT molecular complexity index is 656. The van der Waals surface area contributed by atoms with Gasteiger partial charge in [-0.3, -0.25) is 14.9 Å². The Labute approximate surface area is 167 Å². The van der Waals surface area contributed by atoms with Crippen LogP contribution in [0.25, 0.3) is 0 Å². The van der Waals surface area contributed by atoms with Crippen molar-refractivity contribution < 1.29 is 14.0 Å². The number of hydrogen-bond donors (Lipinski definition) is 2. The summed E-state index contributed by atoms with van der Waals surface area (Å²) < 4.78 is 13.2. The first kappa shape index (κ1) is 22.3. The molecule has 0 aromatic heterocycles. The molecule has 0 heterocycles. The van der Waals surface area contributed by atoms with Gasteiger partial charge in [-0.25, -0.2) is 4.39 Å². The summed E-state index contributed by atoms with van der Waals surface area (Å²) in [5.74, 6) is -0.509. The number of hydrogen-bond acceptors (Lipinski definition) is 3. The van der Waals surface area contributed by atoms with Crippen LogP contribution in [-0.4, -0.2) is 34.8 Å². The highest BCUT2D eigenvalue weighted by atomic mass is 19.1. The molecule has 1 atom stereocenters. The van der Waals surface area contributed by atoms with Gasteiger partial charge in [-0.05, 0) is 49.8 Å². The number of rotatable bonds is 9. The van der Waals surface area contributed by atoms with E-state index in [1.165, 1.54) is 18.6 Å². The molecule has 156 valence electrons. The second-order valence-electron chi connectivity index (χ2n) is 8.59. The maximum Gasteiger partial charge on any atom is 0.237 e. The van der Waals surface area contributed by atoms with Crippen molar-refractivity contribution in [2.45, 2.75) is 77.4 Å². The third kappa shape index (κ3) is 6.30. The van der Waals surface area contributed by atoms with Crippen molar-refractivity contribution in [1.29, 1.82) is 0 Å². The first-order chi connectivity index (χ1) is 13.2. The minimum Gasteiger partial charge on any atom is -0.368 e. The van der Waals surface area contributed by atoms with Gasteiger partial charge >= 0.3 is 0 Å². The number of halogens is 1. The Morgan fingerprint density at radius 3 is 2.36 bits per heavy atom. The van der Waals surface area contributed by atoms with Crippen LogP contribution >= 0.6 is 0 Å². The third-order valence-electron chi connectivity index (χ3n) is 5.59. The van der Waals surface area contributed by atoms with E-state index in [0.717, 1.165) is 31.2 Å². The van der Waals surface area contributed by atoms with Gasteiger partial charge in [0.25, 0.3) is 0 Å². The predicted molar refractivity (Wildman–Crippen MR) is 109 cm³/mol. The molecule has 2 rings (SSSR count). The molecule has 0 spiro atoms. The maximum atomic E-state index is 13.2. The number of nitrogens with zero attached hydrogens (tertiary/aromatic N) is 1. The number of nitrogens with one attached hydrogen (secondary N) is 1. The minimum atomic E-state index is -0.919. The molecule has 1 aliphatic carbocycles.